The summed E-state index contributed by atoms with van der Waals surface area (Å²) in [4.78, 5) is 52.1. The monoisotopic (exact) mass is 456 g/mol. The molecule has 1 aliphatic heterocycles. The van der Waals surface area contributed by atoms with Crippen LogP contribution in [0, 0.1) is 5.92 Å². The highest BCUT2D eigenvalue weighted by atomic mass is 16.6. The van der Waals surface area contributed by atoms with Gasteiger partial charge in [0, 0.05) is 0 Å². The number of carbonyl (C=O) groups is 4. The maximum Gasteiger partial charge on any atom is 0.344 e. The van der Waals surface area contributed by atoms with E-state index in [2.05, 4.69) is 0 Å². The fourth-order valence-corrected chi connectivity index (χ4v) is 3.60. The standard InChI is InChI=1S/C24H28N2O7/c1-14(2)10-17(26-21(29)15-8-6-7-9-16(15)22(26)30)23(31)25-11-18(27)19(12-25)32-13-20(28)33-24(3,4)5/h6-9,11-12,14,17,27H,10,13H2,1-5H3/t17-/m0/s1. The van der Waals surface area contributed by atoms with Gasteiger partial charge < -0.3 is 14.6 Å². The van der Waals surface area contributed by atoms with Gasteiger partial charge in [-0.2, -0.15) is 0 Å². The number of aromatic hydroxyl groups is 1. The van der Waals surface area contributed by atoms with Gasteiger partial charge in [-0.1, -0.05) is 26.0 Å². The Morgan fingerprint density at radius 1 is 1.03 bits per heavy atom. The zero-order valence-electron chi connectivity index (χ0n) is 19.3. The molecule has 33 heavy (non-hydrogen) atoms. The summed E-state index contributed by atoms with van der Waals surface area (Å²) in [6, 6.07) is 5.34. The molecule has 1 aliphatic rings. The number of carbonyl (C=O) groups excluding carboxylic acids is 4. The van der Waals surface area contributed by atoms with Crippen LogP contribution in [-0.2, 0) is 9.53 Å². The number of ether oxygens (including phenoxy) is 2. The number of hydrogen-bond acceptors (Lipinski definition) is 7. The van der Waals surface area contributed by atoms with Gasteiger partial charge >= 0.3 is 5.97 Å². The summed E-state index contributed by atoms with van der Waals surface area (Å²) in [6.07, 6.45) is 2.57. The lowest BCUT2D eigenvalue weighted by atomic mass is 10.0. The number of aromatic nitrogens is 1. The van der Waals surface area contributed by atoms with E-state index in [1.807, 2.05) is 13.8 Å². The van der Waals surface area contributed by atoms with Crippen molar-refractivity contribution in [3.8, 4) is 11.5 Å². The zero-order valence-corrected chi connectivity index (χ0v) is 19.3. The lowest BCUT2D eigenvalue weighted by Crippen LogP contribution is -2.47. The van der Waals surface area contributed by atoms with Crippen LogP contribution >= 0.6 is 0 Å². The SMILES string of the molecule is CC(C)C[C@@H](C(=O)n1cc(O)c(OCC(=O)OC(C)(C)C)c1)N1C(=O)c2ccccc2C1=O. The third kappa shape index (κ3) is 5.24. The Morgan fingerprint density at radius 2 is 1.61 bits per heavy atom. The first-order chi connectivity index (χ1) is 15.4. The quantitative estimate of drug-likeness (QED) is 0.502. The van der Waals surface area contributed by atoms with Gasteiger partial charge in [-0.05, 0) is 45.2 Å². The molecule has 176 valence electrons. The Balaban J connectivity index is 1.83. The van der Waals surface area contributed by atoms with Crippen molar-refractivity contribution < 1.29 is 33.8 Å². The number of benzene rings is 1. The van der Waals surface area contributed by atoms with Crippen molar-refractivity contribution in [2.75, 3.05) is 6.61 Å². The van der Waals surface area contributed by atoms with Gasteiger partial charge in [0.15, 0.2) is 18.1 Å². The summed E-state index contributed by atoms with van der Waals surface area (Å²) in [5.74, 6) is -2.75. The molecule has 2 amide bonds. The van der Waals surface area contributed by atoms with Crippen LogP contribution in [0.5, 0.6) is 11.5 Å². The third-order valence-corrected chi connectivity index (χ3v) is 4.91. The maximum atomic E-state index is 13.4. The minimum absolute atomic E-state index is 0.00434. The van der Waals surface area contributed by atoms with E-state index >= 15 is 0 Å². The average Bonchev–Trinajstić information content (AvgIpc) is 3.21. The molecule has 0 aliphatic carbocycles. The zero-order chi connectivity index (χ0) is 24.5. The summed E-state index contributed by atoms with van der Waals surface area (Å²) < 4.78 is 11.5. The second-order valence-electron chi connectivity index (χ2n) is 9.30. The summed E-state index contributed by atoms with van der Waals surface area (Å²) in [5, 5.41) is 10.2. The molecule has 2 heterocycles. The van der Waals surface area contributed by atoms with E-state index in [1.54, 1.807) is 45.0 Å². The number of amides is 2. The molecule has 0 saturated heterocycles. The normalized spacial score (nSPS) is 14.4. The van der Waals surface area contributed by atoms with E-state index in [0.717, 1.165) is 15.7 Å². The number of esters is 1. The molecule has 9 nitrogen and oxygen atoms in total. The van der Waals surface area contributed by atoms with Crippen molar-refractivity contribution in [1.29, 1.82) is 0 Å². The van der Waals surface area contributed by atoms with Gasteiger partial charge in [0.1, 0.15) is 11.6 Å². The molecular weight excluding hydrogens is 428 g/mol. The number of nitrogens with zero attached hydrogens (tertiary/aromatic N) is 2. The van der Waals surface area contributed by atoms with Crippen molar-refractivity contribution in [1.82, 2.24) is 9.47 Å². The Morgan fingerprint density at radius 3 is 2.12 bits per heavy atom. The van der Waals surface area contributed by atoms with Crippen molar-refractivity contribution in [2.45, 2.75) is 52.7 Å². The van der Waals surface area contributed by atoms with Gasteiger partial charge in [0.25, 0.3) is 17.7 Å². The lowest BCUT2D eigenvalue weighted by Gasteiger charge is -2.26. The van der Waals surface area contributed by atoms with Crippen molar-refractivity contribution in [3.63, 3.8) is 0 Å². The van der Waals surface area contributed by atoms with E-state index in [4.69, 9.17) is 9.47 Å². The number of hydrogen-bond donors (Lipinski definition) is 1. The van der Waals surface area contributed by atoms with Crippen LogP contribution in [0.2, 0.25) is 0 Å². The Bertz CT molecular complexity index is 1060. The summed E-state index contributed by atoms with van der Waals surface area (Å²) >= 11 is 0. The largest absolute Gasteiger partial charge is 0.503 e. The Kier molecular flexibility index (Phi) is 6.62. The molecule has 0 fully saturated rings. The lowest BCUT2D eigenvalue weighted by molar-refractivity contribution is -0.157. The fraction of sp³-hybridized carbons (Fsp3) is 0.417. The molecule has 0 radical (unpaired) electrons. The van der Waals surface area contributed by atoms with Gasteiger partial charge in [-0.3, -0.25) is 23.9 Å². The van der Waals surface area contributed by atoms with Crippen molar-refractivity contribution in [2.24, 2.45) is 5.92 Å². The summed E-state index contributed by atoms with van der Waals surface area (Å²) in [7, 11) is 0. The van der Waals surface area contributed by atoms with Crippen LogP contribution in [0.1, 0.15) is 66.6 Å². The number of fused-ring (bicyclic) bond motifs is 1. The first kappa shape index (κ1) is 24.0. The van der Waals surface area contributed by atoms with E-state index in [1.165, 1.54) is 6.20 Å². The number of imide groups is 1. The Hall–Kier alpha value is -3.62. The van der Waals surface area contributed by atoms with Gasteiger partial charge in [0.05, 0.1) is 23.5 Å². The first-order valence-corrected chi connectivity index (χ1v) is 10.7. The van der Waals surface area contributed by atoms with E-state index in [-0.39, 0.29) is 35.0 Å². The van der Waals surface area contributed by atoms with Gasteiger partial charge in [-0.15, -0.1) is 0 Å². The maximum absolute atomic E-state index is 13.4. The van der Waals surface area contributed by atoms with Crippen LogP contribution in [0.25, 0.3) is 0 Å². The highest BCUT2D eigenvalue weighted by Gasteiger charge is 2.43. The third-order valence-electron chi connectivity index (χ3n) is 4.91. The molecule has 1 aromatic carbocycles. The smallest absolute Gasteiger partial charge is 0.344 e. The van der Waals surface area contributed by atoms with Crippen LogP contribution in [0.15, 0.2) is 36.7 Å². The summed E-state index contributed by atoms with van der Waals surface area (Å²) in [5.41, 5.74) is -0.192. The molecule has 1 aromatic heterocycles. The molecule has 0 unspecified atom stereocenters. The first-order valence-electron chi connectivity index (χ1n) is 10.7. The van der Waals surface area contributed by atoms with Crippen LogP contribution in [0.4, 0.5) is 0 Å². The van der Waals surface area contributed by atoms with Crippen LogP contribution < -0.4 is 4.74 Å². The molecule has 1 N–H and O–H groups in total. The van der Waals surface area contributed by atoms with Gasteiger partial charge in [0.2, 0.25) is 0 Å². The van der Waals surface area contributed by atoms with E-state index < -0.39 is 41.9 Å². The van der Waals surface area contributed by atoms with Gasteiger partial charge in [-0.25, -0.2) is 4.79 Å². The minimum atomic E-state index is -1.08. The molecule has 0 spiro atoms. The predicted octanol–water partition coefficient (Wildman–Crippen LogP) is 3.27. The van der Waals surface area contributed by atoms with Crippen molar-refractivity contribution in [3.05, 3.63) is 47.8 Å². The average molecular weight is 456 g/mol. The highest BCUT2D eigenvalue weighted by Crippen LogP contribution is 2.31. The molecule has 0 bridgehead atoms. The fourth-order valence-electron chi connectivity index (χ4n) is 3.60. The molecule has 1 atom stereocenters. The summed E-state index contributed by atoms with van der Waals surface area (Å²) in [6.45, 7) is 8.43. The van der Waals surface area contributed by atoms with Crippen LogP contribution in [-0.4, -0.2) is 56.5 Å². The van der Waals surface area contributed by atoms with E-state index in [9.17, 15) is 24.3 Å². The topological polar surface area (TPSA) is 115 Å². The Labute approximate surface area is 191 Å². The molecule has 0 saturated carbocycles. The molecule has 2 aromatic rings. The minimum Gasteiger partial charge on any atom is -0.503 e. The van der Waals surface area contributed by atoms with Crippen molar-refractivity contribution >= 4 is 23.7 Å². The molecular formula is C24H28N2O7. The second-order valence-corrected chi connectivity index (χ2v) is 9.30. The highest BCUT2D eigenvalue weighted by molar-refractivity contribution is 6.22. The second kappa shape index (κ2) is 9.09. The molecule has 9 heteroatoms. The van der Waals surface area contributed by atoms with E-state index in [0.29, 0.717) is 0 Å². The predicted molar refractivity (Wildman–Crippen MR) is 118 cm³/mol. The molecule has 3 rings (SSSR count). The number of rotatable bonds is 7. The van der Waals surface area contributed by atoms with Crippen LogP contribution in [0.3, 0.4) is 0 Å².